The van der Waals surface area contributed by atoms with Crippen LogP contribution in [0.2, 0.25) is 5.02 Å². The quantitative estimate of drug-likeness (QED) is 0.762. The van der Waals surface area contributed by atoms with E-state index >= 15 is 0 Å². The first-order valence-electron chi connectivity index (χ1n) is 4.87. The molecule has 0 aliphatic heterocycles. The topological polar surface area (TPSA) is 22.0 Å². The van der Waals surface area contributed by atoms with Crippen LogP contribution in [0, 0.1) is 0 Å². The van der Waals surface area contributed by atoms with Crippen LogP contribution in [0.5, 0.6) is 0 Å². The molecule has 3 heteroatoms. The van der Waals surface area contributed by atoms with Gasteiger partial charge in [-0.05, 0) is 19.9 Å². The summed E-state index contributed by atoms with van der Waals surface area (Å²) in [6.45, 7) is 3.47. The molecule has 0 aliphatic carbocycles. The number of hydrogen-bond donors (Lipinski definition) is 0. The summed E-state index contributed by atoms with van der Waals surface area (Å²) < 4.78 is 1.92. The number of ketones is 1. The highest BCUT2D eigenvalue weighted by Gasteiger charge is 2.14. The van der Waals surface area contributed by atoms with Gasteiger partial charge in [0.25, 0.3) is 0 Å². The number of carbonyl (C=O) groups excluding carboxylic acids is 1. The van der Waals surface area contributed by atoms with Crippen LogP contribution in [0.3, 0.4) is 0 Å². The van der Waals surface area contributed by atoms with E-state index in [1.54, 1.807) is 6.92 Å². The molecule has 2 nitrogen and oxygen atoms in total. The summed E-state index contributed by atoms with van der Waals surface area (Å²) in [6, 6.07) is 7.66. The number of halogens is 1. The second-order valence-electron chi connectivity index (χ2n) is 3.69. The van der Waals surface area contributed by atoms with Crippen molar-refractivity contribution in [3.8, 4) is 0 Å². The van der Waals surface area contributed by atoms with Gasteiger partial charge in [-0.3, -0.25) is 4.79 Å². The SMILES string of the molecule is CC(=O)C(C)n1cc(Cl)c2ccccc21. The van der Waals surface area contributed by atoms with Crippen molar-refractivity contribution in [3.05, 3.63) is 35.5 Å². The first kappa shape index (κ1) is 10.2. The Morgan fingerprint density at radius 2 is 2.07 bits per heavy atom. The lowest BCUT2D eigenvalue weighted by molar-refractivity contribution is -0.119. The van der Waals surface area contributed by atoms with Gasteiger partial charge < -0.3 is 4.57 Å². The molecular formula is C12H12ClNO. The van der Waals surface area contributed by atoms with Crippen LogP contribution < -0.4 is 0 Å². The Balaban J connectivity index is 2.67. The summed E-state index contributed by atoms with van der Waals surface area (Å²) in [7, 11) is 0. The standard InChI is InChI=1S/C12H12ClNO/c1-8(9(2)15)14-7-11(13)10-5-3-4-6-12(10)14/h3-8H,1-2H3. The predicted molar refractivity (Wildman–Crippen MR) is 62.3 cm³/mol. The third-order valence-corrected chi connectivity index (χ3v) is 3.00. The van der Waals surface area contributed by atoms with Gasteiger partial charge in [-0.25, -0.2) is 0 Å². The van der Waals surface area contributed by atoms with Crippen LogP contribution in [0.15, 0.2) is 30.5 Å². The number of rotatable bonds is 2. The van der Waals surface area contributed by atoms with E-state index in [0.29, 0.717) is 5.02 Å². The zero-order chi connectivity index (χ0) is 11.0. The summed E-state index contributed by atoms with van der Waals surface area (Å²) in [6.07, 6.45) is 1.82. The number of hydrogen-bond acceptors (Lipinski definition) is 1. The fourth-order valence-electron chi connectivity index (χ4n) is 1.68. The first-order valence-corrected chi connectivity index (χ1v) is 5.24. The van der Waals surface area contributed by atoms with Crippen molar-refractivity contribution in [2.45, 2.75) is 19.9 Å². The minimum Gasteiger partial charge on any atom is -0.336 e. The van der Waals surface area contributed by atoms with Gasteiger partial charge in [0.2, 0.25) is 0 Å². The molecule has 0 saturated heterocycles. The number of fused-ring (bicyclic) bond motifs is 1. The van der Waals surface area contributed by atoms with Crippen LogP contribution in [0.25, 0.3) is 10.9 Å². The van der Waals surface area contributed by atoms with Crippen molar-refractivity contribution in [1.82, 2.24) is 4.57 Å². The molecule has 1 heterocycles. The maximum absolute atomic E-state index is 11.3. The molecule has 0 spiro atoms. The fraction of sp³-hybridized carbons (Fsp3) is 0.250. The van der Waals surface area contributed by atoms with Gasteiger partial charge in [0.15, 0.2) is 5.78 Å². The zero-order valence-electron chi connectivity index (χ0n) is 8.70. The molecule has 15 heavy (non-hydrogen) atoms. The van der Waals surface area contributed by atoms with Gasteiger partial charge in [-0.2, -0.15) is 0 Å². The lowest BCUT2D eigenvalue weighted by Gasteiger charge is -2.11. The Labute approximate surface area is 93.5 Å². The molecule has 0 amide bonds. The zero-order valence-corrected chi connectivity index (χ0v) is 9.45. The summed E-state index contributed by atoms with van der Waals surface area (Å²) >= 11 is 6.09. The van der Waals surface area contributed by atoms with E-state index in [1.807, 2.05) is 42.0 Å². The summed E-state index contributed by atoms with van der Waals surface area (Å²) in [5.41, 5.74) is 1.00. The monoisotopic (exact) mass is 221 g/mol. The number of Topliss-reactive ketones (excluding diaryl/α,β-unsaturated/α-hetero) is 1. The van der Waals surface area contributed by atoms with Crippen molar-refractivity contribution in [3.63, 3.8) is 0 Å². The van der Waals surface area contributed by atoms with Crippen molar-refractivity contribution in [2.75, 3.05) is 0 Å². The van der Waals surface area contributed by atoms with Gasteiger partial charge in [-0.1, -0.05) is 29.8 Å². The highest BCUT2D eigenvalue weighted by Crippen LogP contribution is 2.28. The van der Waals surface area contributed by atoms with Crippen molar-refractivity contribution >= 4 is 28.3 Å². The second-order valence-corrected chi connectivity index (χ2v) is 4.10. The minimum absolute atomic E-state index is 0.132. The molecule has 1 aromatic carbocycles. The molecule has 0 N–H and O–H groups in total. The average molecular weight is 222 g/mol. The van der Waals surface area contributed by atoms with Crippen LogP contribution >= 0.6 is 11.6 Å². The Morgan fingerprint density at radius 1 is 1.40 bits per heavy atom. The van der Waals surface area contributed by atoms with Crippen LogP contribution in [-0.4, -0.2) is 10.4 Å². The number of nitrogens with zero attached hydrogens (tertiary/aromatic N) is 1. The molecule has 0 aliphatic rings. The van der Waals surface area contributed by atoms with Crippen molar-refractivity contribution < 1.29 is 4.79 Å². The largest absolute Gasteiger partial charge is 0.336 e. The van der Waals surface area contributed by atoms with E-state index in [4.69, 9.17) is 11.6 Å². The normalized spacial score (nSPS) is 13.0. The van der Waals surface area contributed by atoms with Gasteiger partial charge >= 0.3 is 0 Å². The van der Waals surface area contributed by atoms with E-state index in [0.717, 1.165) is 10.9 Å². The molecule has 2 aromatic rings. The Bertz CT molecular complexity index is 515. The summed E-state index contributed by atoms with van der Waals surface area (Å²) in [5, 5.41) is 1.69. The van der Waals surface area contributed by atoms with Crippen molar-refractivity contribution in [1.29, 1.82) is 0 Å². The lowest BCUT2D eigenvalue weighted by atomic mass is 10.2. The molecule has 0 bridgehead atoms. The number of aromatic nitrogens is 1. The third kappa shape index (κ3) is 1.65. The van der Waals surface area contributed by atoms with Gasteiger partial charge in [0.1, 0.15) is 0 Å². The predicted octanol–water partition coefficient (Wildman–Crippen LogP) is 3.44. The maximum Gasteiger partial charge on any atom is 0.152 e. The maximum atomic E-state index is 11.3. The molecule has 0 radical (unpaired) electrons. The Morgan fingerprint density at radius 3 is 2.73 bits per heavy atom. The minimum atomic E-state index is -0.164. The van der Waals surface area contributed by atoms with Crippen LogP contribution in [0.1, 0.15) is 19.9 Å². The third-order valence-electron chi connectivity index (χ3n) is 2.70. The fourth-order valence-corrected chi connectivity index (χ4v) is 1.94. The van der Waals surface area contributed by atoms with Gasteiger partial charge in [0.05, 0.1) is 16.6 Å². The number of benzene rings is 1. The van der Waals surface area contributed by atoms with Gasteiger partial charge in [0, 0.05) is 11.6 Å². The number of carbonyl (C=O) groups is 1. The molecule has 1 unspecified atom stereocenters. The number of para-hydroxylation sites is 1. The summed E-state index contributed by atoms with van der Waals surface area (Å²) in [4.78, 5) is 11.3. The van der Waals surface area contributed by atoms with Crippen LogP contribution in [0.4, 0.5) is 0 Å². The van der Waals surface area contributed by atoms with Crippen molar-refractivity contribution in [2.24, 2.45) is 0 Å². The van der Waals surface area contributed by atoms with E-state index in [-0.39, 0.29) is 11.8 Å². The molecular weight excluding hydrogens is 210 g/mol. The Hall–Kier alpha value is -1.28. The molecule has 78 valence electrons. The molecule has 1 aromatic heterocycles. The molecule has 0 fully saturated rings. The highest BCUT2D eigenvalue weighted by atomic mass is 35.5. The van der Waals surface area contributed by atoms with E-state index in [2.05, 4.69) is 0 Å². The second kappa shape index (κ2) is 3.70. The van der Waals surface area contributed by atoms with E-state index in [1.165, 1.54) is 0 Å². The average Bonchev–Trinajstić information content (AvgIpc) is 2.56. The van der Waals surface area contributed by atoms with Crippen LogP contribution in [-0.2, 0) is 4.79 Å². The first-order chi connectivity index (χ1) is 7.11. The Kier molecular flexibility index (Phi) is 2.53. The van der Waals surface area contributed by atoms with E-state index < -0.39 is 0 Å². The molecule has 1 atom stereocenters. The molecule has 0 saturated carbocycles. The van der Waals surface area contributed by atoms with Gasteiger partial charge in [-0.15, -0.1) is 0 Å². The summed E-state index contributed by atoms with van der Waals surface area (Å²) in [5.74, 6) is 0.132. The smallest absolute Gasteiger partial charge is 0.152 e. The van der Waals surface area contributed by atoms with E-state index in [9.17, 15) is 4.79 Å². The lowest BCUT2D eigenvalue weighted by Crippen LogP contribution is -2.11. The highest BCUT2D eigenvalue weighted by molar-refractivity contribution is 6.35. The molecule has 2 rings (SSSR count).